The molecule has 0 spiro atoms. The molecule has 0 aromatic heterocycles. The summed E-state index contributed by atoms with van der Waals surface area (Å²) in [5, 5.41) is 3.31. The van der Waals surface area contributed by atoms with Crippen molar-refractivity contribution in [2.75, 3.05) is 26.9 Å². The molecule has 1 N–H and O–H groups in total. The average molecular weight is 256 g/mol. The molecule has 0 saturated carbocycles. The molecule has 1 rings (SSSR count). The van der Waals surface area contributed by atoms with Crippen LogP contribution in [0.2, 0.25) is 0 Å². The van der Waals surface area contributed by atoms with Gasteiger partial charge in [-0.2, -0.15) is 0 Å². The Morgan fingerprint density at radius 1 is 1.50 bits per heavy atom. The van der Waals surface area contributed by atoms with E-state index in [9.17, 15) is 4.79 Å². The van der Waals surface area contributed by atoms with Crippen LogP contribution in [0, 0.1) is 11.3 Å². The van der Waals surface area contributed by atoms with Gasteiger partial charge >= 0.3 is 0 Å². The van der Waals surface area contributed by atoms with E-state index in [0.717, 1.165) is 26.0 Å². The highest BCUT2D eigenvalue weighted by Crippen LogP contribution is 2.24. The summed E-state index contributed by atoms with van der Waals surface area (Å²) in [7, 11) is 1.72. The zero-order chi connectivity index (χ0) is 13.8. The highest BCUT2D eigenvalue weighted by Gasteiger charge is 2.34. The number of carbonyl (C=O) groups excluding carboxylic acids is 1. The quantitative estimate of drug-likeness (QED) is 0.756. The molecule has 1 atom stereocenters. The van der Waals surface area contributed by atoms with E-state index in [1.807, 2.05) is 4.90 Å². The minimum atomic E-state index is 0.0169. The van der Waals surface area contributed by atoms with Crippen molar-refractivity contribution >= 4 is 5.91 Å². The van der Waals surface area contributed by atoms with Crippen LogP contribution < -0.4 is 5.32 Å². The van der Waals surface area contributed by atoms with E-state index in [-0.39, 0.29) is 17.4 Å². The van der Waals surface area contributed by atoms with Crippen LogP contribution in [0.25, 0.3) is 0 Å². The van der Waals surface area contributed by atoms with Crippen molar-refractivity contribution < 1.29 is 9.53 Å². The second-order valence-corrected chi connectivity index (χ2v) is 6.49. The predicted molar refractivity (Wildman–Crippen MR) is 73.2 cm³/mol. The molecule has 0 aromatic carbocycles. The molecule has 1 heterocycles. The Morgan fingerprint density at radius 2 is 2.17 bits per heavy atom. The molecule has 0 bridgehead atoms. The normalized spacial score (nSPS) is 21.1. The first-order valence-electron chi connectivity index (χ1n) is 6.87. The summed E-state index contributed by atoms with van der Waals surface area (Å²) in [6.07, 6.45) is 1.90. The summed E-state index contributed by atoms with van der Waals surface area (Å²) >= 11 is 0. The van der Waals surface area contributed by atoms with E-state index < -0.39 is 0 Å². The lowest BCUT2D eigenvalue weighted by Gasteiger charge is -2.29. The molecule has 1 amide bonds. The van der Waals surface area contributed by atoms with Crippen molar-refractivity contribution in [2.24, 2.45) is 11.3 Å². The van der Waals surface area contributed by atoms with Crippen LogP contribution >= 0.6 is 0 Å². The number of nitrogens with one attached hydrogen (secondary N) is 1. The van der Waals surface area contributed by atoms with Gasteiger partial charge in [-0.3, -0.25) is 10.1 Å². The Balaban J connectivity index is 2.47. The molecule has 4 nitrogen and oxygen atoms in total. The lowest BCUT2D eigenvalue weighted by molar-refractivity contribution is -0.130. The van der Waals surface area contributed by atoms with Gasteiger partial charge < -0.3 is 9.64 Å². The Bertz CT molecular complexity index is 277. The van der Waals surface area contributed by atoms with Crippen LogP contribution in [0.4, 0.5) is 0 Å². The smallest absolute Gasteiger partial charge is 0.240 e. The Morgan fingerprint density at radius 3 is 2.72 bits per heavy atom. The van der Waals surface area contributed by atoms with Crippen LogP contribution in [-0.4, -0.2) is 43.8 Å². The standard InChI is InChI=1S/C14H28N2O2/c1-11(2)8-12-13(17)16(10-15-12)9-14(3,4)6-7-18-5/h11-12,15H,6-10H2,1-5H3. The molecule has 106 valence electrons. The van der Waals surface area contributed by atoms with Gasteiger partial charge in [0.05, 0.1) is 12.7 Å². The predicted octanol–water partition coefficient (Wildman–Crippen LogP) is 1.85. The van der Waals surface area contributed by atoms with Gasteiger partial charge in [-0.1, -0.05) is 27.7 Å². The van der Waals surface area contributed by atoms with Gasteiger partial charge in [0.1, 0.15) is 0 Å². The van der Waals surface area contributed by atoms with E-state index in [1.165, 1.54) is 0 Å². The maximum Gasteiger partial charge on any atom is 0.240 e. The van der Waals surface area contributed by atoms with Gasteiger partial charge in [0.2, 0.25) is 5.91 Å². The zero-order valence-corrected chi connectivity index (χ0v) is 12.5. The largest absolute Gasteiger partial charge is 0.385 e. The number of hydrogen-bond donors (Lipinski definition) is 1. The summed E-state index contributed by atoms with van der Waals surface area (Å²) in [5.74, 6) is 0.807. The summed E-state index contributed by atoms with van der Waals surface area (Å²) in [4.78, 5) is 14.2. The van der Waals surface area contributed by atoms with E-state index in [0.29, 0.717) is 12.6 Å². The molecule has 1 aliphatic rings. The van der Waals surface area contributed by atoms with Crippen LogP contribution in [0.15, 0.2) is 0 Å². The highest BCUT2D eigenvalue weighted by molar-refractivity contribution is 5.83. The number of nitrogens with zero attached hydrogens (tertiary/aromatic N) is 1. The Kier molecular flexibility index (Phi) is 5.60. The lowest BCUT2D eigenvalue weighted by atomic mass is 9.89. The molecule has 1 fully saturated rings. The molecule has 1 saturated heterocycles. The topological polar surface area (TPSA) is 41.6 Å². The number of amides is 1. The van der Waals surface area contributed by atoms with Crippen molar-refractivity contribution in [1.29, 1.82) is 0 Å². The monoisotopic (exact) mass is 256 g/mol. The third-order valence-corrected chi connectivity index (χ3v) is 3.45. The van der Waals surface area contributed by atoms with E-state index >= 15 is 0 Å². The van der Waals surface area contributed by atoms with Gasteiger partial charge in [0.15, 0.2) is 0 Å². The van der Waals surface area contributed by atoms with Crippen LogP contribution in [0.5, 0.6) is 0 Å². The second kappa shape index (κ2) is 6.53. The molecule has 0 radical (unpaired) electrons. The maximum atomic E-state index is 12.2. The fourth-order valence-electron chi connectivity index (χ4n) is 2.37. The van der Waals surface area contributed by atoms with E-state index in [1.54, 1.807) is 7.11 Å². The third kappa shape index (κ3) is 4.58. The lowest BCUT2D eigenvalue weighted by Crippen LogP contribution is -2.38. The minimum Gasteiger partial charge on any atom is -0.385 e. The summed E-state index contributed by atoms with van der Waals surface area (Å²) in [5.41, 5.74) is 0.111. The molecule has 1 unspecified atom stereocenters. The first-order valence-corrected chi connectivity index (χ1v) is 6.87. The van der Waals surface area contributed by atoms with Crippen LogP contribution in [0.1, 0.15) is 40.5 Å². The van der Waals surface area contributed by atoms with Gasteiger partial charge in [-0.05, 0) is 24.2 Å². The summed E-state index contributed by atoms with van der Waals surface area (Å²) < 4.78 is 5.12. The van der Waals surface area contributed by atoms with Gasteiger partial charge in [0, 0.05) is 20.3 Å². The van der Waals surface area contributed by atoms with Crippen molar-refractivity contribution in [1.82, 2.24) is 10.2 Å². The van der Waals surface area contributed by atoms with Crippen molar-refractivity contribution in [2.45, 2.75) is 46.6 Å². The van der Waals surface area contributed by atoms with Crippen molar-refractivity contribution in [3.63, 3.8) is 0 Å². The fraction of sp³-hybridized carbons (Fsp3) is 0.929. The number of ether oxygens (including phenoxy) is 1. The highest BCUT2D eigenvalue weighted by atomic mass is 16.5. The van der Waals surface area contributed by atoms with Crippen molar-refractivity contribution in [3.8, 4) is 0 Å². The first-order chi connectivity index (χ1) is 8.35. The van der Waals surface area contributed by atoms with Crippen LogP contribution in [-0.2, 0) is 9.53 Å². The molecular weight excluding hydrogens is 228 g/mol. The fourth-order valence-corrected chi connectivity index (χ4v) is 2.37. The van der Waals surface area contributed by atoms with E-state index in [4.69, 9.17) is 4.74 Å². The molecule has 18 heavy (non-hydrogen) atoms. The van der Waals surface area contributed by atoms with E-state index in [2.05, 4.69) is 33.0 Å². The minimum absolute atomic E-state index is 0.0169. The second-order valence-electron chi connectivity index (χ2n) is 6.49. The van der Waals surface area contributed by atoms with Crippen molar-refractivity contribution in [3.05, 3.63) is 0 Å². The van der Waals surface area contributed by atoms with Crippen LogP contribution in [0.3, 0.4) is 0 Å². The SMILES string of the molecule is COCCC(C)(C)CN1CNC(CC(C)C)C1=O. The van der Waals surface area contributed by atoms with Gasteiger partial charge in [0.25, 0.3) is 0 Å². The molecule has 0 aromatic rings. The Hall–Kier alpha value is -0.610. The van der Waals surface area contributed by atoms with Gasteiger partial charge in [-0.25, -0.2) is 0 Å². The third-order valence-electron chi connectivity index (χ3n) is 3.45. The molecule has 4 heteroatoms. The Labute approximate surface area is 111 Å². The average Bonchev–Trinajstić information content (AvgIpc) is 2.58. The summed E-state index contributed by atoms with van der Waals surface area (Å²) in [6, 6.07) is 0.0169. The first kappa shape index (κ1) is 15.4. The zero-order valence-electron chi connectivity index (χ0n) is 12.5. The molecule has 1 aliphatic heterocycles. The summed E-state index contributed by atoms with van der Waals surface area (Å²) in [6.45, 7) is 10.9. The number of rotatable bonds is 7. The molecule has 0 aliphatic carbocycles. The number of carbonyl (C=O) groups is 1. The number of methoxy groups -OCH3 is 1. The molecular formula is C14H28N2O2. The number of hydrogen-bond acceptors (Lipinski definition) is 3. The van der Waals surface area contributed by atoms with Gasteiger partial charge in [-0.15, -0.1) is 0 Å². The maximum absolute atomic E-state index is 12.2.